The molecule has 1 aromatic heterocycles. The van der Waals surface area contributed by atoms with Crippen molar-refractivity contribution in [2.75, 3.05) is 6.54 Å². The highest BCUT2D eigenvalue weighted by Gasteiger charge is 2.40. The minimum Gasteiger partial charge on any atom is -0.350 e. The number of thiazole rings is 1. The molecule has 28 heavy (non-hydrogen) atoms. The number of hydrogen-bond acceptors (Lipinski definition) is 4. The summed E-state index contributed by atoms with van der Waals surface area (Å²) in [7, 11) is 0. The molecule has 3 rings (SSSR count). The van der Waals surface area contributed by atoms with Crippen LogP contribution in [0.1, 0.15) is 46.7 Å². The van der Waals surface area contributed by atoms with Crippen molar-refractivity contribution in [2.24, 2.45) is 0 Å². The molecule has 1 aliphatic rings. The molecule has 1 atom stereocenters. The van der Waals surface area contributed by atoms with Gasteiger partial charge >= 0.3 is 0 Å². The highest BCUT2D eigenvalue weighted by atomic mass is 32.1. The zero-order valence-electron chi connectivity index (χ0n) is 16.9. The summed E-state index contributed by atoms with van der Waals surface area (Å²) in [6, 6.07) is 6.25. The van der Waals surface area contributed by atoms with Crippen LogP contribution in [0.3, 0.4) is 0 Å². The van der Waals surface area contributed by atoms with Gasteiger partial charge in [-0.25, -0.2) is 9.37 Å². The second kappa shape index (κ2) is 7.28. The fourth-order valence-electron chi connectivity index (χ4n) is 3.25. The highest BCUT2D eigenvalue weighted by molar-refractivity contribution is 7.13. The Hall–Kier alpha value is -2.28. The van der Waals surface area contributed by atoms with Gasteiger partial charge in [0, 0.05) is 29.4 Å². The van der Waals surface area contributed by atoms with Crippen molar-refractivity contribution >= 4 is 23.2 Å². The molecule has 0 radical (unpaired) electrons. The average molecular weight is 404 g/mol. The van der Waals surface area contributed by atoms with Crippen LogP contribution >= 0.6 is 11.3 Å². The van der Waals surface area contributed by atoms with Gasteiger partial charge in [0.05, 0.1) is 17.2 Å². The lowest BCUT2D eigenvalue weighted by Gasteiger charge is -2.32. The monoisotopic (exact) mass is 403 g/mol. The van der Waals surface area contributed by atoms with Gasteiger partial charge in [-0.1, -0.05) is 12.1 Å². The molecule has 1 aliphatic heterocycles. The SMILES string of the molecule is CC(C)(C(=O)NC1CC(=O)N(C(C)(C)C)C1)c1csc(-c2ccccc2F)n1. The third-order valence-corrected chi connectivity index (χ3v) is 5.96. The van der Waals surface area contributed by atoms with Gasteiger partial charge in [0.2, 0.25) is 11.8 Å². The van der Waals surface area contributed by atoms with E-state index in [1.165, 1.54) is 17.4 Å². The molecule has 1 aromatic carbocycles. The zero-order chi connectivity index (χ0) is 20.7. The molecule has 0 aliphatic carbocycles. The van der Waals surface area contributed by atoms with Crippen molar-refractivity contribution in [1.82, 2.24) is 15.2 Å². The lowest BCUT2D eigenvalue weighted by molar-refractivity contribution is -0.131. The standard InChI is InChI=1S/C21H26FN3O2S/c1-20(2,3)25-11-13(10-17(25)26)23-19(27)21(4,5)16-12-28-18(24-16)14-8-6-7-9-15(14)22/h6-9,12-13H,10-11H2,1-5H3,(H,23,27). The summed E-state index contributed by atoms with van der Waals surface area (Å²) in [4.78, 5) is 31.5. The molecule has 0 bridgehead atoms. The molecule has 2 aromatic rings. The van der Waals surface area contributed by atoms with Crippen LogP contribution in [0, 0.1) is 5.82 Å². The molecule has 0 spiro atoms. The first-order chi connectivity index (χ1) is 13.0. The van der Waals surface area contributed by atoms with Gasteiger partial charge in [-0.2, -0.15) is 0 Å². The maximum Gasteiger partial charge on any atom is 0.232 e. The number of benzene rings is 1. The van der Waals surface area contributed by atoms with Crippen LogP contribution in [0.4, 0.5) is 4.39 Å². The smallest absolute Gasteiger partial charge is 0.232 e. The summed E-state index contributed by atoms with van der Waals surface area (Å²) in [6.07, 6.45) is 0.302. The van der Waals surface area contributed by atoms with E-state index in [0.717, 1.165) is 0 Å². The Morgan fingerprint density at radius 1 is 1.25 bits per heavy atom. The Labute approximate surface area is 169 Å². The summed E-state index contributed by atoms with van der Waals surface area (Å²) >= 11 is 1.31. The topological polar surface area (TPSA) is 62.3 Å². The Morgan fingerprint density at radius 3 is 2.54 bits per heavy atom. The van der Waals surface area contributed by atoms with Crippen molar-refractivity contribution in [3.05, 3.63) is 41.2 Å². The van der Waals surface area contributed by atoms with Gasteiger partial charge in [-0.15, -0.1) is 11.3 Å². The van der Waals surface area contributed by atoms with E-state index in [-0.39, 0.29) is 29.2 Å². The number of rotatable bonds is 4. The van der Waals surface area contributed by atoms with Crippen LogP contribution in [-0.2, 0) is 15.0 Å². The Balaban J connectivity index is 1.74. The Morgan fingerprint density at radius 2 is 1.93 bits per heavy atom. The number of aromatic nitrogens is 1. The van der Waals surface area contributed by atoms with Crippen molar-refractivity contribution < 1.29 is 14.0 Å². The summed E-state index contributed by atoms with van der Waals surface area (Å²) in [5.41, 5.74) is -0.143. The second-order valence-electron chi connectivity index (χ2n) is 8.69. The van der Waals surface area contributed by atoms with Gasteiger partial charge in [-0.3, -0.25) is 9.59 Å². The zero-order valence-corrected chi connectivity index (χ0v) is 17.7. The van der Waals surface area contributed by atoms with E-state index < -0.39 is 5.41 Å². The lowest BCUT2D eigenvalue weighted by Crippen LogP contribution is -2.48. The van der Waals surface area contributed by atoms with Gasteiger partial charge in [-0.05, 0) is 46.8 Å². The van der Waals surface area contributed by atoms with Gasteiger partial charge in [0.25, 0.3) is 0 Å². The number of carbonyl (C=O) groups is 2. The van der Waals surface area contributed by atoms with Crippen molar-refractivity contribution in [2.45, 2.75) is 58.0 Å². The fourth-order valence-corrected chi connectivity index (χ4v) is 4.27. The van der Waals surface area contributed by atoms with Crippen LogP contribution in [0.5, 0.6) is 0 Å². The number of halogens is 1. The molecule has 0 saturated carbocycles. The third-order valence-electron chi connectivity index (χ3n) is 5.09. The van der Waals surface area contributed by atoms with Crippen LogP contribution < -0.4 is 5.32 Å². The minimum absolute atomic E-state index is 0.0473. The van der Waals surface area contributed by atoms with E-state index in [1.54, 1.807) is 42.3 Å². The summed E-state index contributed by atoms with van der Waals surface area (Å²) < 4.78 is 14.0. The Bertz CT molecular complexity index is 901. The van der Waals surface area contributed by atoms with Crippen LogP contribution in [0.2, 0.25) is 0 Å². The number of hydrogen-bond donors (Lipinski definition) is 1. The number of amides is 2. The fraction of sp³-hybridized carbons (Fsp3) is 0.476. The van der Waals surface area contributed by atoms with E-state index in [9.17, 15) is 14.0 Å². The number of nitrogens with zero attached hydrogens (tertiary/aromatic N) is 2. The molecule has 1 saturated heterocycles. The normalized spacial score (nSPS) is 17.9. The first kappa shape index (κ1) is 20.5. The summed E-state index contributed by atoms with van der Waals surface area (Å²) in [5, 5.41) is 5.34. The van der Waals surface area contributed by atoms with Crippen molar-refractivity contribution in [3.8, 4) is 10.6 Å². The first-order valence-corrected chi connectivity index (χ1v) is 10.2. The van der Waals surface area contributed by atoms with Gasteiger partial charge < -0.3 is 10.2 Å². The van der Waals surface area contributed by atoms with E-state index in [1.807, 2.05) is 20.8 Å². The second-order valence-corrected chi connectivity index (χ2v) is 9.55. The van der Waals surface area contributed by atoms with Crippen LogP contribution in [-0.4, -0.2) is 39.8 Å². The Kier molecular flexibility index (Phi) is 5.32. The van der Waals surface area contributed by atoms with Crippen molar-refractivity contribution in [3.63, 3.8) is 0 Å². The molecule has 1 N–H and O–H groups in total. The van der Waals surface area contributed by atoms with E-state index in [0.29, 0.717) is 29.2 Å². The molecule has 5 nitrogen and oxygen atoms in total. The predicted octanol–water partition coefficient (Wildman–Crippen LogP) is 3.74. The molecule has 150 valence electrons. The van der Waals surface area contributed by atoms with Crippen LogP contribution in [0.25, 0.3) is 10.6 Å². The lowest BCUT2D eigenvalue weighted by atomic mass is 9.88. The minimum atomic E-state index is -0.891. The van der Waals surface area contributed by atoms with Gasteiger partial charge in [0.1, 0.15) is 10.8 Å². The molecule has 1 fully saturated rings. The molecule has 2 amide bonds. The average Bonchev–Trinajstić information content (AvgIpc) is 3.22. The van der Waals surface area contributed by atoms with E-state index in [4.69, 9.17) is 0 Å². The number of carbonyl (C=O) groups excluding carboxylic acids is 2. The van der Waals surface area contributed by atoms with Gasteiger partial charge in [0.15, 0.2) is 0 Å². The maximum absolute atomic E-state index is 14.0. The van der Waals surface area contributed by atoms with E-state index in [2.05, 4.69) is 10.3 Å². The largest absolute Gasteiger partial charge is 0.350 e. The molecule has 1 unspecified atom stereocenters. The number of nitrogens with one attached hydrogen (secondary N) is 1. The maximum atomic E-state index is 14.0. The molecule has 7 heteroatoms. The van der Waals surface area contributed by atoms with Crippen LogP contribution in [0.15, 0.2) is 29.6 Å². The predicted molar refractivity (Wildman–Crippen MR) is 109 cm³/mol. The molecular weight excluding hydrogens is 377 g/mol. The number of likely N-dealkylation sites (tertiary alicyclic amines) is 1. The summed E-state index contributed by atoms with van der Waals surface area (Å²) in [5.74, 6) is -0.477. The van der Waals surface area contributed by atoms with E-state index >= 15 is 0 Å². The third kappa shape index (κ3) is 3.94. The molecule has 2 heterocycles. The van der Waals surface area contributed by atoms with Crippen molar-refractivity contribution in [1.29, 1.82) is 0 Å². The summed E-state index contributed by atoms with van der Waals surface area (Å²) in [6.45, 7) is 10.0. The molecular formula is C21H26FN3O2S. The highest BCUT2D eigenvalue weighted by Crippen LogP contribution is 2.32. The quantitative estimate of drug-likeness (QED) is 0.846. The first-order valence-electron chi connectivity index (χ1n) is 9.32.